The number of nitrogens with zero attached hydrogens (tertiary/aromatic N) is 1. The van der Waals surface area contributed by atoms with E-state index >= 15 is 0 Å². The van der Waals surface area contributed by atoms with Gasteiger partial charge in [-0.15, -0.1) is 11.8 Å². The van der Waals surface area contributed by atoms with Crippen LogP contribution >= 0.6 is 35.0 Å². The van der Waals surface area contributed by atoms with Crippen LogP contribution in [0.1, 0.15) is 21.7 Å². The summed E-state index contributed by atoms with van der Waals surface area (Å²) >= 11 is 13.6. The minimum absolute atomic E-state index is 0.0570. The molecule has 0 bridgehead atoms. The van der Waals surface area contributed by atoms with Crippen molar-refractivity contribution in [2.75, 3.05) is 12.4 Å². The predicted molar refractivity (Wildman–Crippen MR) is 122 cm³/mol. The van der Waals surface area contributed by atoms with E-state index in [1.165, 1.54) is 11.8 Å². The quantitative estimate of drug-likeness (QED) is 0.322. The van der Waals surface area contributed by atoms with Crippen molar-refractivity contribution < 1.29 is 14.3 Å². The Morgan fingerprint density at radius 2 is 1.90 bits per heavy atom. The Balaban J connectivity index is 1.45. The second-order valence-corrected chi connectivity index (χ2v) is 9.04. The van der Waals surface area contributed by atoms with Crippen LogP contribution in [-0.4, -0.2) is 28.8 Å². The number of carbonyl (C=O) groups excluding carboxylic acids is 1. The molecule has 0 aliphatic carbocycles. The van der Waals surface area contributed by atoms with Crippen molar-refractivity contribution in [3.8, 4) is 11.5 Å². The molecular weight excluding hydrogens is 441 g/mol. The van der Waals surface area contributed by atoms with Crippen LogP contribution in [0.15, 0.2) is 53.4 Å². The van der Waals surface area contributed by atoms with Gasteiger partial charge >= 0.3 is 0 Å². The van der Waals surface area contributed by atoms with Crippen molar-refractivity contribution in [2.24, 2.45) is 0 Å². The Kier molecular flexibility index (Phi) is 6.32. The molecule has 0 N–H and O–H groups in total. The normalized spacial score (nSPS) is 15.3. The van der Waals surface area contributed by atoms with Gasteiger partial charge in [0, 0.05) is 26.9 Å². The van der Waals surface area contributed by atoms with E-state index < -0.39 is 0 Å². The largest absolute Gasteiger partial charge is 0.486 e. The van der Waals surface area contributed by atoms with E-state index in [2.05, 4.69) is 4.57 Å². The van der Waals surface area contributed by atoms with E-state index in [0.29, 0.717) is 28.9 Å². The number of para-hydroxylation sites is 2. The van der Waals surface area contributed by atoms with Crippen LogP contribution in [0.3, 0.4) is 0 Å². The molecule has 7 heteroatoms. The summed E-state index contributed by atoms with van der Waals surface area (Å²) in [7, 11) is 0. The highest BCUT2D eigenvalue weighted by Crippen LogP contribution is 2.33. The summed E-state index contributed by atoms with van der Waals surface area (Å²) in [6.07, 6.45) is -0.118. The molecular formula is C23H21Cl2NO3S. The standard InChI is InChI=1S/C23H21Cl2NO3S/c1-14-9-18(20(27)13-30-23-10-16(24)7-8-19(23)25)15(2)26(14)11-17-12-28-21-5-3-4-6-22(21)29-17/h3-10,17H,11-13H2,1-2H3. The van der Waals surface area contributed by atoms with Crippen molar-refractivity contribution in [1.82, 2.24) is 4.57 Å². The van der Waals surface area contributed by atoms with Gasteiger partial charge in [-0.3, -0.25) is 4.79 Å². The van der Waals surface area contributed by atoms with E-state index in [-0.39, 0.29) is 11.9 Å². The van der Waals surface area contributed by atoms with E-state index in [4.69, 9.17) is 32.7 Å². The molecule has 0 saturated heterocycles. The van der Waals surface area contributed by atoms with Crippen molar-refractivity contribution in [2.45, 2.75) is 31.4 Å². The third-order valence-corrected chi connectivity index (χ3v) is 6.81. The molecule has 4 nitrogen and oxygen atoms in total. The summed E-state index contributed by atoms with van der Waals surface area (Å²) in [5.74, 6) is 1.87. The average molecular weight is 462 g/mol. The summed E-state index contributed by atoms with van der Waals surface area (Å²) in [5.41, 5.74) is 2.66. The van der Waals surface area contributed by atoms with Gasteiger partial charge in [0.1, 0.15) is 6.61 Å². The maximum Gasteiger partial charge on any atom is 0.174 e. The molecule has 1 atom stereocenters. The van der Waals surface area contributed by atoms with Gasteiger partial charge in [-0.05, 0) is 50.2 Å². The Labute approximate surface area is 190 Å². The highest BCUT2D eigenvalue weighted by atomic mass is 35.5. The Morgan fingerprint density at radius 1 is 1.13 bits per heavy atom. The predicted octanol–water partition coefficient (Wildman–Crippen LogP) is 6.23. The zero-order chi connectivity index (χ0) is 21.3. The molecule has 0 fully saturated rings. The molecule has 156 valence electrons. The van der Waals surface area contributed by atoms with Crippen LogP contribution in [0, 0.1) is 13.8 Å². The fourth-order valence-corrected chi connectivity index (χ4v) is 4.91. The number of hydrogen-bond acceptors (Lipinski definition) is 4. The zero-order valence-electron chi connectivity index (χ0n) is 16.7. The van der Waals surface area contributed by atoms with Gasteiger partial charge in [0.15, 0.2) is 23.4 Å². The number of aryl methyl sites for hydroxylation is 1. The van der Waals surface area contributed by atoms with Crippen LogP contribution in [-0.2, 0) is 6.54 Å². The minimum atomic E-state index is -0.118. The van der Waals surface area contributed by atoms with Gasteiger partial charge in [-0.2, -0.15) is 0 Å². The maximum absolute atomic E-state index is 12.9. The molecule has 2 aromatic carbocycles. The molecule has 1 aromatic heterocycles. The number of carbonyl (C=O) groups is 1. The first kappa shape index (κ1) is 21.2. The molecule has 30 heavy (non-hydrogen) atoms. The number of ether oxygens (including phenoxy) is 2. The first-order valence-electron chi connectivity index (χ1n) is 9.58. The van der Waals surface area contributed by atoms with E-state index in [0.717, 1.165) is 33.3 Å². The van der Waals surface area contributed by atoms with Crippen molar-refractivity contribution in [3.63, 3.8) is 0 Å². The number of fused-ring (bicyclic) bond motifs is 1. The lowest BCUT2D eigenvalue weighted by atomic mass is 10.2. The SMILES string of the molecule is Cc1cc(C(=O)CSc2cc(Cl)ccc2Cl)c(C)n1CC1COc2ccccc2O1. The van der Waals surface area contributed by atoms with Crippen LogP contribution in [0.25, 0.3) is 0 Å². The number of benzene rings is 2. The third kappa shape index (κ3) is 4.48. The number of thioether (sulfide) groups is 1. The number of rotatable bonds is 6. The van der Waals surface area contributed by atoms with Gasteiger partial charge in [-0.1, -0.05) is 35.3 Å². The van der Waals surface area contributed by atoms with Gasteiger partial charge < -0.3 is 14.0 Å². The molecule has 1 aliphatic heterocycles. The Hall–Kier alpha value is -2.08. The lowest BCUT2D eigenvalue weighted by molar-refractivity contribution is 0.0777. The number of ketones is 1. The smallest absolute Gasteiger partial charge is 0.174 e. The zero-order valence-corrected chi connectivity index (χ0v) is 19.0. The molecule has 4 rings (SSSR count). The fraction of sp³-hybridized carbons (Fsp3) is 0.261. The molecule has 2 heterocycles. The number of aromatic nitrogens is 1. The number of hydrogen-bond donors (Lipinski definition) is 0. The lowest BCUT2D eigenvalue weighted by Gasteiger charge is -2.27. The van der Waals surface area contributed by atoms with E-state index in [1.54, 1.807) is 18.2 Å². The van der Waals surface area contributed by atoms with Crippen molar-refractivity contribution in [3.05, 3.63) is 75.5 Å². The minimum Gasteiger partial charge on any atom is -0.486 e. The van der Waals surface area contributed by atoms with Crippen LogP contribution < -0.4 is 9.47 Å². The first-order valence-corrected chi connectivity index (χ1v) is 11.3. The maximum atomic E-state index is 12.9. The summed E-state index contributed by atoms with van der Waals surface area (Å²) in [4.78, 5) is 13.7. The molecule has 1 aliphatic rings. The van der Waals surface area contributed by atoms with Gasteiger partial charge in [0.05, 0.1) is 17.3 Å². The average Bonchev–Trinajstić information content (AvgIpc) is 3.02. The summed E-state index contributed by atoms with van der Waals surface area (Å²) in [6.45, 7) is 5.06. The van der Waals surface area contributed by atoms with Gasteiger partial charge in [0.25, 0.3) is 0 Å². The third-order valence-electron chi connectivity index (χ3n) is 5.08. The Bertz CT molecular complexity index is 1100. The molecule has 0 amide bonds. The topological polar surface area (TPSA) is 40.5 Å². The molecule has 3 aromatic rings. The second-order valence-electron chi connectivity index (χ2n) is 7.18. The molecule has 0 spiro atoms. The molecule has 0 radical (unpaired) electrons. The van der Waals surface area contributed by atoms with Crippen LogP contribution in [0.4, 0.5) is 0 Å². The van der Waals surface area contributed by atoms with E-state index in [1.807, 2.05) is 44.2 Å². The highest BCUT2D eigenvalue weighted by molar-refractivity contribution is 8.00. The van der Waals surface area contributed by atoms with Gasteiger partial charge in [-0.25, -0.2) is 0 Å². The highest BCUT2D eigenvalue weighted by Gasteiger charge is 2.24. The monoisotopic (exact) mass is 461 g/mol. The summed E-state index contributed by atoms with van der Waals surface area (Å²) in [5, 5.41) is 1.20. The fourth-order valence-electron chi connectivity index (χ4n) is 3.53. The Morgan fingerprint density at radius 3 is 2.70 bits per heavy atom. The van der Waals surface area contributed by atoms with Crippen LogP contribution in [0.2, 0.25) is 10.0 Å². The second kappa shape index (κ2) is 8.96. The van der Waals surface area contributed by atoms with E-state index in [9.17, 15) is 4.79 Å². The van der Waals surface area contributed by atoms with Crippen molar-refractivity contribution in [1.29, 1.82) is 0 Å². The van der Waals surface area contributed by atoms with Crippen molar-refractivity contribution >= 4 is 40.7 Å². The molecule has 0 saturated carbocycles. The molecule has 1 unspecified atom stereocenters. The first-order chi connectivity index (χ1) is 14.4. The summed E-state index contributed by atoms with van der Waals surface area (Å²) in [6, 6.07) is 14.9. The number of halogens is 2. The number of Topliss-reactive ketones (excluding diaryl/α,β-unsaturated/α-hetero) is 1. The lowest BCUT2D eigenvalue weighted by Crippen LogP contribution is -2.33. The van der Waals surface area contributed by atoms with Gasteiger partial charge in [0.2, 0.25) is 0 Å². The summed E-state index contributed by atoms with van der Waals surface area (Å²) < 4.78 is 14.0. The van der Waals surface area contributed by atoms with Crippen LogP contribution in [0.5, 0.6) is 11.5 Å².